The van der Waals surface area contributed by atoms with E-state index in [2.05, 4.69) is 5.32 Å². The van der Waals surface area contributed by atoms with Crippen molar-refractivity contribution in [2.45, 2.75) is 13.8 Å². The number of carbonyl (C=O) groups excluding carboxylic acids is 1. The molecule has 5 nitrogen and oxygen atoms in total. The van der Waals surface area contributed by atoms with Crippen LogP contribution in [0.25, 0.3) is 0 Å². The van der Waals surface area contributed by atoms with Gasteiger partial charge in [0, 0.05) is 18.7 Å². The number of nitrogens with one attached hydrogen (secondary N) is 1. The summed E-state index contributed by atoms with van der Waals surface area (Å²) in [5.41, 5.74) is 1.05. The molecule has 0 heterocycles. The number of Topliss-reactive ketones (excluding diaryl/α,β-unsaturated/α-hetero) is 1. The highest BCUT2D eigenvalue weighted by molar-refractivity contribution is 5.81. The normalized spacial score (nSPS) is 10.7. The van der Waals surface area contributed by atoms with Crippen molar-refractivity contribution in [3.05, 3.63) is 24.3 Å². The smallest absolute Gasteiger partial charge is 0.160 e. The first kappa shape index (κ1) is 17.5. The lowest BCUT2D eigenvalue weighted by Gasteiger charge is -2.09. The summed E-state index contributed by atoms with van der Waals surface area (Å²) in [7, 11) is 1.88. The number of rotatable bonds is 11. The Morgan fingerprint density at radius 2 is 1.67 bits per heavy atom. The van der Waals surface area contributed by atoms with Crippen molar-refractivity contribution in [3.8, 4) is 5.75 Å². The maximum atomic E-state index is 11.3. The molecule has 118 valence electrons. The van der Waals surface area contributed by atoms with Crippen LogP contribution in [0.15, 0.2) is 24.3 Å². The molecule has 1 aromatic carbocycles. The minimum absolute atomic E-state index is 0.0219. The van der Waals surface area contributed by atoms with Crippen LogP contribution in [0.1, 0.15) is 13.8 Å². The van der Waals surface area contributed by atoms with Crippen molar-refractivity contribution in [1.29, 1.82) is 0 Å². The van der Waals surface area contributed by atoms with Gasteiger partial charge >= 0.3 is 0 Å². The van der Waals surface area contributed by atoms with Crippen LogP contribution in [-0.2, 0) is 14.3 Å². The molecule has 0 unspecified atom stereocenters. The summed E-state index contributed by atoms with van der Waals surface area (Å²) < 4.78 is 16.1. The Bertz CT molecular complexity index is 403. The lowest BCUT2D eigenvalue weighted by atomic mass is 10.1. The van der Waals surface area contributed by atoms with E-state index in [0.29, 0.717) is 26.4 Å². The maximum Gasteiger partial charge on any atom is 0.160 e. The average Bonchev–Trinajstić information content (AvgIpc) is 2.50. The largest absolute Gasteiger partial charge is 0.491 e. The van der Waals surface area contributed by atoms with Crippen LogP contribution in [0.3, 0.4) is 0 Å². The molecule has 1 rings (SSSR count). The molecule has 0 saturated heterocycles. The van der Waals surface area contributed by atoms with E-state index in [1.807, 2.05) is 45.2 Å². The summed E-state index contributed by atoms with van der Waals surface area (Å²) in [5, 5.41) is 3.05. The highest BCUT2D eigenvalue weighted by Crippen LogP contribution is 2.14. The molecule has 5 heteroatoms. The van der Waals surface area contributed by atoms with Crippen molar-refractivity contribution < 1.29 is 19.0 Å². The molecule has 0 aliphatic carbocycles. The molecular weight excluding hydrogens is 270 g/mol. The molecule has 0 atom stereocenters. The van der Waals surface area contributed by atoms with E-state index in [1.165, 1.54) is 0 Å². The van der Waals surface area contributed by atoms with Gasteiger partial charge in [-0.05, 0) is 24.3 Å². The van der Waals surface area contributed by atoms with Gasteiger partial charge in [-0.2, -0.15) is 0 Å². The third-order valence-corrected chi connectivity index (χ3v) is 2.90. The number of ketones is 1. The zero-order valence-electron chi connectivity index (χ0n) is 13.1. The van der Waals surface area contributed by atoms with Crippen LogP contribution in [0.4, 0.5) is 5.69 Å². The predicted molar refractivity (Wildman–Crippen MR) is 83.0 cm³/mol. The maximum absolute atomic E-state index is 11.3. The Hall–Kier alpha value is -1.59. The van der Waals surface area contributed by atoms with Crippen LogP contribution in [-0.4, -0.2) is 45.9 Å². The summed E-state index contributed by atoms with van der Waals surface area (Å²) in [6.45, 7) is 5.77. The number of carbonyl (C=O) groups is 1. The van der Waals surface area contributed by atoms with Gasteiger partial charge in [0.1, 0.15) is 19.0 Å². The highest BCUT2D eigenvalue weighted by Gasteiger charge is 2.06. The van der Waals surface area contributed by atoms with E-state index in [1.54, 1.807) is 0 Å². The molecule has 0 bridgehead atoms. The monoisotopic (exact) mass is 295 g/mol. The van der Waals surface area contributed by atoms with Gasteiger partial charge in [0.05, 0.1) is 19.8 Å². The first-order valence-corrected chi connectivity index (χ1v) is 7.22. The zero-order valence-corrected chi connectivity index (χ0v) is 13.1. The fourth-order valence-corrected chi connectivity index (χ4v) is 1.50. The van der Waals surface area contributed by atoms with E-state index in [-0.39, 0.29) is 18.3 Å². The van der Waals surface area contributed by atoms with Crippen molar-refractivity contribution in [2.24, 2.45) is 5.92 Å². The number of hydrogen-bond acceptors (Lipinski definition) is 5. The minimum atomic E-state index is 0.0219. The van der Waals surface area contributed by atoms with E-state index in [0.717, 1.165) is 11.4 Å². The van der Waals surface area contributed by atoms with Crippen LogP contribution in [0.2, 0.25) is 0 Å². The fourth-order valence-electron chi connectivity index (χ4n) is 1.50. The molecule has 0 aromatic heterocycles. The second-order valence-corrected chi connectivity index (χ2v) is 4.91. The number of benzene rings is 1. The third-order valence-electron chi connectivity index (χ3n) is 2.90. The van der Waals surface area contributed by atoms with Crippen LogP contribution in [0, 0.1) is 5.92 Å². The minimum Gasteiger partial charge on any atom is -0.491 e. The zero-order chi connectivity index (χ0) is 15.5. The molecule has 0 saturated carbocycles. The third kappa shape index (κ3) is 7.68. The van der Waals surface area contributed by atoms with Gasteiger partial charge in [-0.25, -0.2) is 0 Å². The topological polar surface area (TPSA) is 56.8 Å². The van der Waals surface area contributed by atoms with Crippen molar-refractivity contribution >= 4 is 11.5 Å². The van der Waals surface area contributed by atoms with E-state index < -0.39 is 0 Å². The van der Waals surface area contributed by atoms with E-state index in [9.17, 15) is 4.79 Å². The summed E-state index contributed by atoms with van der Waals surface area (Å²) in [6, 6.07) is 7.73. The number of anilines is 1. The Kier molecular flexibility index (Phi) is 8.47. The SMILES string of the molecule is CNc1ccc(OCCOCCOCC(=O)C(C)C)cc1. The fraction of sp³-hybridized carbons (Fsp3) is 0.562. The molecule has 0 radical (unpaired) electrons. The molecule has 1 N–H and O–H groups in total. The lowest BCUT2D eigenvalue weighted by molar-refractivity contribution is -0.127. The number of ether oxygens (including phenoxy) is 3. The van der Waals surface area contributed by atoms with Crippen molar-refractivity contribution in [2.75, 3.05) is 45.4 Å². The summed E-state index contributed by atoms with van der Waals surface area (Å²) in [4.78, 5) is 11.3. The van der Waals surface area contributed by atoms with Crippen LogP contribution in [0.5, 0.6) is 5.75 Å². The van der Waals surface area contributed by atoms with Gasteiger partial charge in [0.15, 0.2) is 5.78 Å². The van der Waals surface area contributed by atoms with Crippen LogP contribution < -0.4 is 10.1 Å². The molecule has 1 aromatic rings. The number of hydrogen-bond donors (Lipinski definition) is 1. The Morgan fingerprint density at radius 3 is 2.29 bits per heavy atom. The lowest BCUT2D eigenvalue weighted by Crippen LogP contribution is -2.17. The first-order valence-electron chi connectivity index (χ1n) is 7.22. The quantitative estimate of drug-likeness (QED) is 0.635. The summed E-state index contributed by atoms with van der Waals surface area (Å²) in [6.07, 6.45) is 0. The van der Waals surface area contributed by atoms with Gasteiger partial charge in [0.2, 0.25) is 0 Å². The highest BCUT2D eigenvalue weighted by atomic mass is 16.5. The summed E-state index contributed by atoms with van der Waals surface area (Å²) in [5.74, 6) is 0.952. The predicted octanol–water partition coefficient (Wildman–Crippen LogP) is 2.37. The molecule has 0 fully saturated rings. The molecular formula is C16H25NO4. The average molecular weight is 295 g/mol. The Balaban J connectivity index is 1.98. The van der Waals surface area contributed by atoms with Gasteiger partial charge in [-0.3, -0.25) is 4.79 Å². The molecule has 0 aliphatic rings. The second kappa shape index (κ2) is 10.2. The van der Waals surface area contributed by atoms with E-state index in [4.69, 9.17) is 14.2 Å². The molecule has 21 heavy (non-hydrogen) atoms. The molecule has 0 spiro atoms. The van der Waals surface area contributed by atoms with Crippen molar-refractivity contribution in [3.63, 3.8) is 0 Å². The van der Waals surface area contributed by atoms with Gasteiger partial charge in [-0.1, -0.05) is 13.8 Å². The van der Waals surface area contributed by atoms with Gasteiger partial charge in [-0.15, -0.1) is 0 Å². The van der Waals surface area contributed by atoms with Gasteiger partial charge < -0.3 is 19.5 Å². The second-order valence-electron chi connectivity index (χ2n) is 4.91. The first-order chi connectivity index (χ1) is 10.1. The van der Waals surface area contributed by atoms with E-state index >= 15 is 0 Å². The Labute approximate surface area is 126 Å². The molecule has 0 amide bonds. The Morgan fingerprint density at radius 1 is 1.05 bits per heavy atom. The van der Waals surface area contributed by atoms with Crippen molar-refractivity contribution in [1.82, 2.24) is 0 Å². The summed E-state index contributed by atoms with van der Waals surface area (Å²) >= 11 is 0. The van der Waals surface area contributed by atoms with Crippen LogP contribution >= 0.6 is 0 Å². The van der Waals surface area contributed by atoms with Gasteiger partial charge in [0.25, 0.3) is 0 Å². The molecule has 0 aliphatic heterocycles. The standard InChI is InChI=1S/C16H25NO4/c1-13(2)16(18)12-20-9-8-19-10-11-21-15-6-4-14(17-3)5-7-15/h4-7,13,17H,8-12H2,1-3H3.